The van der Waals surface area contributed by atoms with Crippen LogP contribution >= 0.6 is 0 Å². The normalized spacial score (nSPS) is 10.5. The lowest BCUT2D eigenvalue weighted by molar-refractivity contribution is 0.959. The Morgan fingerprint density at radius 3 is 1.45 bits per heavy atom. The lowest BCUT2D eigenvalue weighted by atomic mass is 10.2. The Balaban J connectivity index is 0.000000121. The predicted octanol–water partition coefficient (Wildman–Crippen LogP) is 2.53. The molecule has 6 heteroatoms. The van der Waals surface area contributed by atoms with E-state index in [2.05, 4.69) is 30.8 Å². The first kappa shape index (κ1) is 12.3. The Morgan fingerprint density at radius 2 is 1.00 bits per heavy atom. The van der Waals surface area contributed by atoms with Crippen LogP contribution in [0.15, 0.2) is 36.4 Å². The van der Waals surface area contributed by atoms with Crippen LogP contribution in [-0.2, 0) is 0 Å². The van der Waals surface area contributed by atoms with Gasteiger partial charge in [-0.15, -0.1) is 0 Å². The molecule has 2 N–H and O–H groups in total. The first-order chi connectivity index (χ1) is 9.72. The molecule has 2 aromatic heterocycles. The zero-order valence-corrected chi connectivity index (χ0v) is 11.3. The third kappa shape index (κ3) is 2.49. The summed E-state index contributed by atoms with van der Waals surface area (Å²) < 4.78 is 0. The number of aromatic amines is 2. The highest BCUT2D eigenvalue weighted by atomic mass is 15.3. The molecule has 0 saturated carbocycles. The van der Waals surface area contributed by atoms with Gasteiger partial charge in [0.1, 0.15) is 22.1 Å². The number of hydrogen-bond acceptors (Lipinski definition) is 4. The highest BCUT2D eigenvalue weighted by Crippen LogP contribution is 2.09. The van der Waals surface area contributed by atoms with Crippen molar-refractivity contribution in [3.63, 3.8) is 0 Å². The van der Waals surface area contributed by atoms with E-state index in [4.69, 9.17) is 0 Å². The lowest BCUT2D eigenvalue weighted by Crippen LogP contribution is -1.71. The maximum Gasteiger partial charge on any atom is 0.113 e. The maximum atomic E-state index is 3.94. The fraction of sp³-hybridized carbons (Fsp3) is 0.143. The molecule has 0 fully saturated rings. The Labute approximate surface area is 115 Å². The van der Waals surface area contributed by atoms with E-state index in [0.29, 0.717) is 0 Å². The molecule has 0 radical (unpaired) electrons. The molecular formula is C14H14N6. The van der Waals surface area contributed by atoms with Gasteiger partial charge in [-0.3, -0.25) is 0 Å². The van der Waals surface area contributed by atoms with Crippen LogP contribution in [0.4, 0.5) is 0 Å². The van der Waals surface area contributed by atoms with Gasteiger partial charge in [-0.1, -0.05) is 12.1 Å². The van der Waals surface area contributed by atoms with E-state index < -0.39 is 0 Å². The van der Waals surface area contributed by atoms with Crippen LogP contribution in [0.5, 0.6) is 0 Å². The summed E-state index contributed by atoms with van der Waals surface area (Å²) in [6, 6.07) is 11.9. The third-order valence-corrected chi connectivity index (χ3v) is 2.94. The van der Waals surface area contributed by atoms with Gasteiger partial charge < -0.3 is 0 Å². The molecule has 0 unspecified atom stereocenters. The highest BCUT2D eigenvalue weighted by molar-refractivity contribution is 5.74. The molecular weight excluding hydrogens is 252 g/mol. The summed E-state index contributed by atoms with van der Waals surface area (Å²) in [6.07, 6.45) is 0. The predicted molar refractivity (Wildman–Crippen MR) is 77.3 cm³/mol. The molecule has 0 spiro atoms. The van der Waals surface area contributed by atoms with Crippen molar-refractivity contribution in [3.8, 4) is 0 Å². The molecule has 2 aromatic carbocycles. The highest BCUT2D eigenvalue weighted by Gasteiger charge is 1.95. The number of H-pyrrole nitrogens is 2. The number of aryl methyl sites for hydroxylation is 2. The Morgan fingerprint density at radius 1 is 0.600 bits per heavy atom. The smallest absolute Gasteiger partial charge is 0.113 e. The van der Waals surface area contributed by atoms with Crippen LogP contribution in [0, 0.1) is 13.8 Å². The second kappa shape index (κ2) is 5.08. The van der Waals surface area contributed by atoms with Crippen LogP contribution < -0.4 is 0 Å². The van der Waals surface area contributed by atoms with Gasteiger partial charge in [0.05, 0.1) is 0 Å². The molecule has 0 bridgehead atoms. The molecule has 0 aliphatic carbocycles. The van der Waals surface area contributed by atoms with E-state index >= 15 is 0 Å². The summed E-state index contributed by atoms with van der Waals surface area (Å²) in [5, 5.41) is 20.9. The van der Waals surface area contributed by atoms with Crippen LogP contribution in [0.1, 0.15) is 11.1 Å². The third-order valence-electron chi connectivity index (χ3n) is 2.94. The first-order valence-electron chi connectivity index (χ1n) is 6.26. The van der Waals surface area contributed by atoms with Crippen LogP contribution in [0.25, 0.3) is 22.1 Å². The molecule has 0 aliphatic rings. The molecule has 6 nitrogen and oxygen atoms in total. The minimum absolute atomic E-state index is 0.922. The average molecular weight is 266 g/mol. The summed E-state index contributed by atoms with van der Waals surface area (Å²) in [4.78, 5) is 0. The van der Waals surface area contributed by atoms with Gasteiger partial charge in [0.25, 0.3) is 0 Å². The lowest BCUT2D eigenvalue weighted by Gasteiger charge is -1.87. The van der Waals surface area contributed by atoms with E-state index in [1.165, 1.54) is 11.1 Å². The zero-order valence-electron chi connectivity index (χ0n) is 11.3. The molecule has 4 rings (SSSR count). The van der Waals surface area contributed by atoms with E-state index in [1.807, 2.05) is 50.2 Å². The van der Waals surface area contributed by atoms with Crippen molar-refractivity contribution in [2.45, 2.75) is 13.8 Å². The number of aromatic nitrogens is 6. The van der Waals surface area contributed by atoms with Crippen molar-refractivity contribution in [3.05, 3.63) is 47.5 Å². The molecule has 100 valence electrons. The Kier molecular flexibility index (Phi) is 3.12. The topological polar surface area (TPSA) is 83.1 Å². The van der Waals surface area contributed by atoms with Gasteiger partial charge in [0.2, 0.25) is 0 Å². The molecule has 4 aromatic rings. The standard InChI is InChI=1S/2C7H7N3/c2*1-5-2-3-6-7(4-5)9-10-8-6/h2*2-4H,1H3,(H,8,9,10). The Hall–Kier alpha value is -2.76. The molecule has 2 heterocycles. The van der Waals surface area contributed by atoms with Gasteiger partial charge in [-0.25, -0.2) is 0 Å². The molecule has 20 heavy (non-hydrogen) atoms. The van der Waals surface area contributed by atoms with Crippen molar-refractivity contribution in [2.24, 2.45) is 0 Å². The van der Waals surface area contributed by atoms with Crippen LogP contribution in [-0.4, -0.2) is 30.8 Å². The van der Waals surface area contributed by atoms with Crippen LogP contribution in [0.2, 0.25) is 0 Å². The molecule has 0 aliphatic heterocycles. The van der Waals surface area contributed by atoms with Gasteiger partial charge in [0.15, 0.2) is 0 Å². The SMILES string of the molecule is Cc1ccc2n[nH]nc2c1.Cc1ccc2n[nH]nc2c1. The monoisotopic (exact) mass is 266 g/mol. The number of nitrogens with zero attached hydrogens (tertiary/aromatic N) is 4. The summed E-state index contributed by atoms with van der Waals surface area (Å²) in [7, 11) is 0. The second-order valence-corrected chi connectivity index (χ2v) is 4.63. The van der Waals surface area contributed by atoms with E-state index in [9.17, 15) is 0 Å². The van der Waals surface area contributed by atoms with Gasteiger partial charge >= 0.3 is 0 Å². The molecule has 0 saturated heterocycles. The second-order valence-electron chi connectivity index (χ2n) is 4.63. The largest absolute Gasteiger partial charge is 0.197 e. The molecule has 0 atom stereocenters. The van der Waals surface area contributed by atoms with Gasteiger partial charge in [-0.05, 0) is 49.2 Å². The minimum Gasteiger partial charge on any atom is -0.197 e. The summed E-state index contributed by atoms with van der Waals surface area (Å²) in [6.45, 7) is 4.07. The number of rotatable bonds is 0. The number of benzene rings is 2. The van der Waals surface area contributed by atoms with Crippen molar-refractivity contribution in [2.75, 3.05) is 0 Å². The Bertz CT molecular complexity index is 773. The van der Waals surface area contributed by atoms with Gasteiger partial charge in [-0.2, -0.15) is 30.8 Å². The fourth-order valence-corrected chi connectivity index (χ4v) is 1.90. The van der Waals surface area contributed by atoms with E-state index in [-0.39, 0.29) is 0 Å². The van der Waals surface area contributed by atoms with Crippen molar-refractivity contribution in [1.29, 1.82) is 0 Å². The van der Waals surface area contributed by atoms with Crippen molar-refractivity contribution in [1.82, 2.24) is 30.8 Å². The number of nitrogens with one attached hydrogen (secondary N) is 2. The zero-order chi connectivity index (χ0) is 13.9. The summed E-state index contributed by atoms with van der Waals surface area (Å²) >= 11 is 0. The van der Waals surface area contributed by atoms with Crippen molar-refractivity contribution >= 4 is 22.1 Å². The van der Waals surface area contributed by atoms with E-state index in [1.54, 1.807) is 0 Å². The van der Waals surface area contributed by atoms with Gasteiger partial charge in [0, 0.05) is 0 Å². The average Bonchev–Trinajstić information content (AvgIpc) is 3.06. The number of fused-ring (bicyclic) bond motifs is 2. The molecule has 0 amide bonds. The fourth-order valence-electron chi connectivity index (χ4n) is 1.90. The van der Waals surface area contributed by atoms with Crippen LogP contribution in [0.3, 0.4) is 0 Å². The minimum atomic E-state index is 0.922. The summed E-state index contributed by atoms with van der Waals surface area (Å²) in [5.74, 6) is 0. The quantitative estimate of drug-likeness (QED) is 0.512. The van der Waals surface area contributed by atoms with Crippen molar-refractivity contribution < 1.29 is 0 Å². The summed E-state index contributed by atoms with van der Waals surface area (Å²) in [5.41, 5.74) is 6.12. The van der Waals surface area contributed by atoms with E-state index in [0.717, 1.165) is 22.1 Å². The first-order valence-corrected chi connectivity index (χ1v) is 6.26. The number of hydrogen-bond donors (Lipinski definition) is 2. The maximum absolute atomic E-state index is 3.94.